The summed E-state index contributed by atoms with van der Waals surface area (Å²) in [4.78, 5) is 42.0. The van der Waals surface area contributed by atoms with E-state index in [-0.39, 0.29) is 34.0 Å². The number of nitrogens with one attached hydrogen (secondary N) is 1. The molecule has 3 fully saturated rings. The Labute approximate surface area is 260 Å². The van der Waals surface area contributed by atoms with E-state index >= 15 is 0 Å². The molecule has 0 spiro atoms. The summed E-state index contributed by atoms with van der Waals surface area (Å²) in [5.74, 6) is -0.132. The fourth-order valence-corrected chi connectivity index (χ4v) is 8.18. The van der Waals surface area contributed by atoms with E-state index in [0.717, 1.165) is 4.68 Å². The average molecular weight is 707 g/mol. The van der Waals surface area contributed by atoms with Gasteiger partial charge in [-0.05, 0) is 11.8 Å². The Bertz CT molecular complexity index is 1940. The summed E-state index contributed by atoms with van der Waals surface area (Å²) in [5, 5.41) is 26.6. The molecule has 4 aromatic heterocycles. The van der Waals surface area contributed by atoms with Crippen molar-refractivity contribution >= 4 is 71.5 Å². The lowest BCUT2D eigenvalue weighted by atomic mass is 10.1. The van der Waals surface area contributed by atoms with E-state index in [1.54, 1.807) is 0 Å². The van der Waals surface area contributed by atoms with Gasteiger partial charge in [0, 0.05) is 0 Å². The summed E-state index contributed by atoms with van der Waals surface area (Å²) < 4.78 is 50.3. The van der Waals surface area contributed by atoms with E-state index in [2.05, 4.69) is 42.3 Å². The highest BCUT2D eigenvalue weighted by Crippen LogP contribution is 2.58. The lowest BCUT2D eigenvalue weighted by Gasteiger charge is -2.27. The summed E-state index contributed by atoms with van der Waals surface area (Å²) in [5.41, 5.74) is 11.4. The Morgan fingerprint density at radius 3 is 2.58 bits per heavy atom. The molecule has 45 heavy (non-hydrogen) atoms. The molecular weight excluding hydrogens is 682 g/mol. The number of hydrogen-bond donors (Lipinski definition) is 7. The van der Waals surface area contributed by atoms with Gasteiger partial charge in [-0.3, -0.25) is 27.9 Å². The number of aliphatic hydroxyl groups is 2. The zero-order valence-electron chi connectivity index (χ0n) is 22.4. The molecule has 0 aliphatic carbocycles. The summed E-state index contributed by atoms with van der Waals surface area (Å²) in [7, 11) is 0. The Morgan fingerprint density at radius 1 is 1.02 bits per heavy atom. The van der Waals surface area contributed by atoms with Gasteiger partial charge in [-0.2, -0.15) is 10.1 Å². The number of rotatable bonds is 2. The van der Waals surface area contributed by atoms with Crippen molar-refractivity contribution in [2.24, 2.45) is 0 Å². The molecule has 8 N–H and O–H groups in total. The number of aromatic nitrogens is 8. The molecule has 10 atom stereocenters. The molecule has 7 rings (SSSR count). The number of H-pyrrole nitrogens is 1. The van der Waals surface area contributed by atoms with Crippen LogP contribution in [0.5, 0.6) is 0 Å². The number of imidazole rings is 1. The predicted molar refractivity (Wildman–Crippen MR) is 157 cm³/mol. The fraction of sp³-hybridized carbons (Fsp3) is 0.500. The van der Waals surface area contributed by atoms with E-state index in [1.165, 1.54) is 23.4 Å². The quantitative estimate of drug-likeness (QED) is 0.0942. The molecule has 2 bridgehead atoms. The van der Waals surface area contributed by atoms with E-state index in [4.69, 9.17) is 50.8 Å². The van der Waals surface area contributed by atoms with Gasteiger partial charge >= 0.3 is 13.5 Å². The van der Waals surface area contributed by atoms with Crippen molar-refractivity contribution in [2.75, 3.05) is 24.7 Å². The van der Waals surface area contributed by atoms with E-state index < -0.39 is 81.4 Å². The number of anilines is 2. The average Bonchev–Trinajstić information content (AvgIpc) is 3.72. The molecule has 7 heterocycles. The Hall–Kier alpha value is -2.63. The van der Waals surface area contributed by atoms with Crippen LogP contribution in [0.25, 0.3) is 22.2 Å². The monoisotopic (exact) mass is 706 g/mol. The highest BCUT2D eigenvalue weighted by molar-refractivity contribution is 8.44. The van der Waals surface area contributed by atoms with Gasteiger partial charge in [0.15, 0.2) is 29.6 Å². The number of nitrogens with zero attached hydrogens (tertiary/aromatic N) is 7. The third-order valence-electron chi connectivity index (χ3n) is 7.32. The van der Waals surface area contributed by atoms with Crippen LogP contribution in [-0.4, -0.2) is 104 Å². The number of nitrogen functional groups attached to an aromatic ring is 2. The molecule has 0 aromatic carbocycles. The lowest BCUT2D eigenvalue weighted by Crippen LogP contribution is -2.36. The Morgan fingerprint density at radius 2 is 1.78 bits per heavy atom. The largest absolute Gasteiger partial charge is 0.387 e. The van der Waals surface area contributed by atoms with Crippen LogP contribution in [0.3, 0.4) is 0 Å². The smallest absolute Gasteiger partial charge is 0.386 e. The number of nitrogens with two attached hydrogens (primary N) is 2. The fourth-order valence-electron chi connectivity index (χ4n) is 5.28. The maximum absolute atomic E-state index is 13.5. The van der Waals surface area contributed by atoms with Crippen molar-refractivity contribution in [3.05, 3.63) is 29.2 Å². The Balaban J connectivity index is 1.21. The van der Waals surface area contributed by atoms with Crippen molar-refractivity contribution in [3.63, 3.8) is 0 Å². The molecule has 3 aliphatic rings. The third kappa shape index (κ3) is 5.56. The maximum atomic E-state index is 13.5. The SMILES string of the molecule is Nc1nc2c(cnn2[C@@H]2O[C@@H]3COP(O)(=S)OC4C(O)[C@H](n5cnc6c(N)ncnc65)O[C@@H]4COP(=O)(S)OC2C3O)c(=O)[nH]1. The molecule has 3 aliphatic heterocycles. The van der Waals surface area contributed by atoms with Crippen molar-refractivity contribution in [1.29, 1.82) is 0 Å². The highest BCUT2D eigenvalue weighted by atomic mass is 32.7. The van der Waals surface area contributed by atoms with Crippen LogP contribution in [-0.2, 0) is 43.9 Å². The summed E-state index contributed by atoms with van der Waals surface area (Å²) in [6.07, 6.45) is -7.37. The summed E-state index contributed by atoms with van der Waals surface area (Å²) >= 11 is 9.28. The molecule has 0 amide bonds. The normalized spacial score (nSPS) is 37.7. The predicted octanol–water partition coefficient (Wildman–Crippen LogP) is -1.29. The number of fused-ring (bicyclic) bond motifs is 5. The van der Waals surface area contributed by atoms with Gasteiger partial charge in [-0.1, -0.05) is 12.2 Å². The first-order valence-corrected chi connectivity index (χ1v) is 18.2. The van der Waals surface area contributed by atoms with Crippen LogP contribution in [0.15, 0.2) is 23.6 Å². The van der Waals surface area contributed by atoms with Gasteiger partial charge in [0.05, 0.1) is 25.7 Å². The summed E-state index contributed by atoms with van der Waals surface area (Å²) in [6, 6.07) is 0. The van der Waals surface area contributed by atoms with Crippen molar-refractivity contribution in [1.82, 2.24) is 39.3 Å². The molecular formula is C20H24N10O11P2S2. The minimum Gasteiger partial charge on any atom is -0.387 e. The minimum absolute atomic E-state index is 0.0310. The van der Waals surface area contributed by atoms with Crippen LogP contribution in [0.1, 0.15) is 12.5 Å². The number of ether oxygens (including phenoxy) is 2. The second kappa shape index (κ2) is 11.3. The molecule has 0 radical (unpaired) electrons. The van der Waals surface area contributed by atoms with Crippen molar-refractivity contribution < 1.29 is 47.2 Å². The standard InChI is InChI=1S/C20H24N10O11P2S2/c21-14-9-16(24-4-23-14)29(5-25-9)18-11(32)12-8(39-18)3-37-43(35,45)41-13-10(31)7(2-36-42(34,44)40-12)38-19(13)30-15-6(1-26-30)17(33)28-20(22)27-15/h1,4-5,7-8,10-13,18-19,31-32H,2-3H2,(H,34,44)(H,35,45)(H2,21,23,24)(H3,22,27,28,33)/t7-,8-,10?,11?,12?,13?,18-,19-,42?,43?/m1/s1. The van der Waals surface area contributed by atoms with E-state index in [9.17, 15) is 24.5 Å². The van der Waals surface area contributed by atoms with Crippen LogP contribution in [0.2, 0.25) is 0 Å². The van der Waals surface area contributed by atoms with Crippen molar-refractivity contribution in [3.8, 4) is 0 Å². The van der Waals surface area contributed by atoms with Crippen LogP contribution in [0, 0.1) is 0 Å². The molecule has 3 saturated heterocycles. The third-order valence-corrected chi connectivity index (χ3v) is 10.5. The number of hydrogen-bond acceptors (Lipinski definition) is 18. The lowest BCUT2D eigenvalue weighted by molar-refractivity contribution is -0.0621. The van der Waals surface area contributed by atoms with Gasteiger partial charge in [0.1, 0.15) is 53.9 Å². The second-order valence-electron chi connectivity index (χ2n) is 10.1. The van der Waals surface area contributed by atoms with E-state index in [0.29, 0.717) is 0 Å². The zero-order valence-corrected chi connectivity index (χ0v) is 25.9. The summed E-state index contributed by atoms with van der Waals surface area (Å²) in [6.45, 7) is -9.70. The van der Waals surface area contributed by atoms with Gasteiger partial charge in [-0.25, -0.2) is 24.2 Å². The Kier molecular flexibility index (Phi) is 7.76. The molecule has 4 aromatic rings. The van der Waals surface area contributed by atoms with Crippen LogP contribution in [0.4, 0.5) is 11.8 Å². The van der Waals surface area contributed by atoms with Gasteiger partial charge in [0.25, 0.3) is 5.56 Å². The minimum atomic E-state index is -4.37. The van der Waals surface area contributed by atoms with Gasteiger partial charge in [-0.15, -0.1) is 0 Å². The number of aromatic amines is 1. The van der Waals surface area contributed by atoms with Gasteiger partial charge < -0.3 is 40.6 Å². The molecule has 6 unspecified atom stereocenters. The number of aliphatic hydroxyl groups excluding tert-OH is 2. The highest BCUT2D eigenvalue weighted by Gasteiger charge is 2.53. The first kappa shape index (κ1) is 31.0. The van der Waals surface area contributed by atoms with Crippen LogP contribution >= 0.6 is 25.8 Å². The second-order valence-corrected chi connectivity index (χ2v) is 15.8. The topological polar surface area (TPSA) is 292 Å². The van der Waals surface area contributed by atoms with E-state index in [1.807, 2.05) is 0 Å². The zero-order chi connectivity index (χ0) is 31.8. The molecule has 242 valence electrons. The maximum Gasteiger partial charge on any atom is 0.386 e. The van der Waals surface area contributed by atoms with Gasteiger partial charge in [0.2, 0.25) is 5.95 Å². The molecule has 21 nitrogen and oxygen atoms in total. The molecule has 25 heteroatoms. The first-order valence-electron chi connectivity index (χ1n) is 13.0. The molecule has 0 saturated carbocycles. The number of thiol groups is 1. The van der Waals surface area contributed by atoms with Crippen molar-refractivity contribution in [2.45, 2.75) is 49.1 Å². The van der Waals surface area contributed by atoms with Crippen LogP contribution < -0.4 is 17.0 Å². The first-order chi connectivity index (χ1) is 21.3.